The van der Waals surface area contributed by atoms with Gasteiger partial charge in [0.1, 0.15) is 0 Å². The van der Waals surface area contributed by atoms with Crippen LogP contribution >= 0.6 is 0 Å². The van der Waals surface area contributed by atoms with Crippen molar-refractivity contribution >= 4 is 5.96 Å². The number of likely N-dealkylation sites (N-methyl/N-ethyl adjacent to an activating group) is 2. The number of rotatable bonds is 4. The van der Waals surface area contributed by atoms with Gasteiger partial charge in [0.25, 0.3) is 0 Å². The normalized spacial score (nSPS) is 23.1. The lowest BCUT2D eigenvalue weighted by Crippen LogP contribution is -2.43. The predicted molar refractivity (Wildman–Crippen MR) is 69.6 cm³/mol. The van der Waals surface area contributed by atoms with Gasteiger partial charge in [0.2, 0.25) is 0 Å². The number of nitrogens with zero attached hydrogens (tertiary/aromatic N) is 3. The Balaban J connectivity index is 2.38. The molecule has 1 rings (SSSR count). The molecule has 0 saturated carbocycles. The largest absolute Gasteiger partial charge is 0.370 e. The molecule has 1 aliphatic rings. The summed E-state index contributed by atoms with van der Waals surface area (Å²) in [6, 6.07) is 0.637. The Labute approximate surface area is 99.5 Å². The second-order valence-corrected chi connectivity index (χ2v) is 5.25. The van der Waals surface area contributed by atoms with Crippen molar-refractivity contribution in [1.82, 2.24) is 9.80 Å². The van der Waals surface area contributed by atoms with Crippen molar-refractivity contribution in [3.8, 4) is 0 Å². The van der Waals surface area contributed by atoms with Gasteiger partial charge in [-0.3, -0.25) is 4.99 Å². The molecule has 0 aliphatic carbocycles. The van der Waals surface area contributed by atoms with Crippen LogP contribution in [0.15, 0.2) is 4.99 Å². The van der Waals surface area contributed by atoms with E-state index in [0.29, 0.717) is 17.9 Å². The molecular formula is C12H26N4. The maximum atomic E-state index is 5.95. The Morgan fingerprint density at radius 2 is 2.25 bits per heavy atom. The van der Waals surface area contributed by atoms with Crippen LogP contribution in [0.25, 0.3) is 0 Å². The van der Waals surface area contributed by atoms with Crippen LogP contribution in [-0.4, -0.2) is 55.5 Å². The van der Waals surface area contributed by atoms with Gasteiger partial charge in [-0.25, -0.2) is 0 Å². The van der Waals surface area contributed by atoms with Gasteiger partial charge in [-0.15, -0.1) is 0 Å². The number of nitrogens with two attached hydrogens (primary N) is 1. The number of likely N-dealkylation sites (tertiary alicyclic amines) is 1. The third kappa shape index (κ3) is 4.00. The molecule has 0 radical (unpaired) electrons. The first-order chi connectivity index (χ1) is 7.50. The van der Waals surface area contributed by atoms with E-state index in [4.69, 9.17) is 5.73 Å². The molecule has 1 aliphatic heterocycles. The highest BCUT2D eigenvalue weighted by atomic mass is 15.3. The molecule has 0 spiro atoms. The van der Waals surface area contributed by atoms with Crippen molar-refractivity contribution in [2.45, 2.75) is 32.7 Å². The van der Waals surface area contributed by atoms with Crippen molar-refractivity contribution in [2.75, 3.05) is 33.7 Å². The Bertz CT molecular complexity index is 237. The van der Waals surface area contributed by atoms with Crippen molar-refractivity contribution in [3.63, 3.8) is 0 Å². The van der Waals surface area contributed by atoms with Crippen LogP contribution in [0.1, 0.15) is 26.7 Å². The van der Waals surface area contributed by atoms with Crippen LogP contribution in [0.4, 0.5) is 0 Å². The third-order valence-electron chi connectivity index (χ3n) is 3.17. The second kappa shape index (κ2) is 6.09. The van der Waals surface area contributed by atoms with E-state index in [9.17, 15) is 0 Å². The number of guanidine groups is 1. The summed E-state index contributed by atoms with van der Waals surface area (Å²) >= 11 is 0. The van der Waals surface area contributed by atoms with E-state index in [1.165, 1.54) is 19.4 Å². The molecule has 1 heterocycles. The Kier molecular flexibility index (Phi) is 5.06. The van der Waals surface area contributed by atoms with E-state index in [0.717, 1.165) is 13.1 Å². The molecule has 0 bridgehead atoms. The molecule has 0 aromatic rings. The highest BCUT2D eigenvalue weighted by Gasteiger charge is 2.22. The number of aliphatic imine (C=N–C) groups is 1. The van der Waals surface area contributed by atoms with Gasteiger partial charge in [-0.2, -0.15) is 0 Å². The minimum absolute atomic E-state index is 0.570. The van der Waals surface area contributed by atoms with Crippen LogP contribution in [0.3, 0.4) is 0 Å². The molecule has 2 N–H and O–H groups in total. The lowest BCUT2D eigenvalue weighted by Gasteiger charge is -2.26. The number of hydrogen-bond acceptors (Lipinski definition) is 2. The summed E-state index contributed by atoms with van der Waals surface area (Å²) < 4.78 is 0. The molecule has 0 amide bonds. The van der Waals surface area contributed by atoms with Crippen molar-refractivity contribution in [2.24, 2.45) is 16.6 Å². The second-order valence-electron chi connectivity index (χ2n) is 5.25. The Hall–Kier alpha value is -0.770. The topological polar surface area (TPSA) is 44.9 Å². The minimum Gasteiger partial charge on any atom is -0.370 e. The van der Waals surface area contributed by atoms with Crippen molar-refractivity contribution < 1.29 is 0 Å². The van der Waals surface area contributed by atoms with Crippen LogP contribution in [0.2, 0.25) is 0 Å². The van der Waals surface area contributed by atoms with Gasteiger partial charge >= 0.3 is 0 Å². The molecule has 1 saturated heterocycles. The van der Waals surface area contributed by atoms with E-state index in [2.05, 4.69) is 35.7 Å². The highest BCUT2D eigenvalue weighted by molar-refractivity contribution is 5.77. The summed E-state index contributed by atoms with van der Waals surface area (Å²) in [4.78, 5) is 8.88. The molecule has 94 valence electrons. The molecule has 4 heteroatoms. The summed E-state index contributed by atoms with van der Waals surface area (Å²) in [6.45, 7) is 7.32. The summed E-state index contributed by atoms with van der Waals surface area (Å²) in [5.74, 6) is 1.25. The van der Waals surface area contributed by atoms with Crippen LogP contribution < -0.4 is 5.73 Å². The van der Waals surface area contributed by atoms with Gasteiger partial charge in [0.15, 0.2) is 5.96 Å². The zero-order valence-corrected chi connectivity index (χ0v) is 11.1. The van der Waals surface area contributed by atoms with E-state index in [-0.39, 0.29) is 0 Å². The maximum Gasteiger partial charge on any atom is 0.191 e. The summed E-state index contributed by atoms with van der Waals surface area (Å²) in [7, 11) is 4.22. The fraction of sp³-hybridized carbons (Fsp3) is 0.917. The van der Waals surface area contributed by atoms with Gasteiger partial charge < -0.3 is 15.5 Å². The first-order valence-corrected chi connectivity index (χ1v) is 6.22. The van der Waals surface area contributed by atoms with E-state index >= 15 is 0 Å². The average molecular weight is 226 g/mol. The first kappa shape index (κ1) is 13.3. The van der Waals surface area contributed by atoms with Gasteiger partial charge in [-0.1, -0.05) is 13.8 Å². The first-order valence-electron chi connectivity index (χ1n) is 6.22. The Morgan fingerprint density at radius 3 is 2.75 bits per heavy atom. The summed E-state index contributed by atoms with van der Waals surface area (Å²) in [5, 5.41) is 0. The smallest absolute Gasteiger partial charge is 0.191 e. The van der Waals surface area contributed by atoms with Crippen molar-refractivity contribution in [1.29, 1.82) is 0 Å². The summed E-state index contributed by atoms with van der Waals surface area (Å²) in [5.41, 5.74) is 5.95. The fourth-order valence-corrected chi connectivity index (χ4v) is 2.02. The molecule has 1 fully saturated rings. The Morgan fingerprint density at radius 1 is 1.56 bits per heavy atom. The SMILES string of the molecule is CC(C)CN=C(N)N(C)CC1CCCN1C. The van der Waals surface area contributed by atoms with E-state index < -0.39 is 0 Å². The fourth-order valence-electron chi connectivity index (χ4n) is 2.02. The molecular weight excluding hydrogens is 200 g/mol. The minimum atomic E-state index is 0.570. The van der Waals surface area contributed by atoms with Crippen LogP contribution in [0, 0.1) is 5.92 Å². The van der Waals surface area contributed by atoms with Gasteiger partial charge in [0.05, 0.1) is 0 Å². The number of hydrogen-bond donors (Lipinski definition) is 1. The molecule has 0 aromatic carbocycles. The molecule has 1 atom stereocenters. The third-order valence-corrected chi connectivity index (χ3v) is 3.17. The zero-order chi connectivity index (χ0) is 12.1. The highest BCUT2D eigenvalue weighted by Crippen LogP contribution is 2.15. The molecule has 1 unspecified atom stereocenters. The molecule has 16 heavy (non-hydrogen) atoms. The molecule has 0 aromatic heterocycles. The van der Waals surface area contributed by atoms with E-state index in [1.54, 1.807) is 0 Å². The quantitative estimate of drug-likeness (QED) is 0.574. The predicted octanol–water partition coefficient (Wildman–Crippen LogP) is 0.983. The average Bonchev–Trinajstić information content (AvgIpc) is 2.60. The van der Waals surface area contributed by atoms with E-state index in [1.807, 2.05) is 7.05 Å². The summed E-state index contributed by atoms with van der Waals surface area (Å²) in [6.07, 6.45) is 2.58. The zero-order valence-electron chi connectivity index (χ0n) is 11.1. The van der Waals surface area contributed by atoms with Crippen LogP contribution in [-0.2, 0) is 0 Å². The maximum absolute atomic E-state index is 5.95. The monoisotopic (exact) mass is 226 g/mol. The van der Waals surface area contributed by atoms with Crippen LogP contribution in [0.5, 0.6) is 0 Å². The van der Waals surface area contributed by atoms with Crippen molar-refractivity contribution in [3.05, 3.63) is 0 Å². The lowest BCUT2D eigenvalue weighted by atomic mass is 10.2. The molecule has 4 nitrogen and oxygen atoms in total. The van der Waals surface area contributed by atoms with Gasteiger partial charge in [-0.05, 0) is 32.4 Å². The lowest BCUT2D eigenvalue weighted by molar-refractivity contribution is 0.266. The van der Waals surface area contributed by atoms with Gasteiger partial charge in [0, 0.05) is 26.2 Å². The standard InChI is InChI=1S/C12H26N4/c1-10(2)8-14-12(13)16(4)9-11-6-5-7-15(11)3/h10-11H,5-9H2,1-4H3,(H2,13,14).